The number of benzene rings is 2. The van der Waals surface area contributed by atoms with Crippen LogP contribution in [0.4, 0.5) is 5.69 Å². The van der Waals surface area contributed by atoms with E-state index in [2.05, 4.69) is 10.7 Å². The van der Waals surface area contributed by atoms with Crippen LogP contribution in [0.25, 0.3) is 10.9 Å². The quantitative estimate of drug-likeness (QED) is 0.553. The molecule has 1 amide bonds. The molecule has 0 unspecified atom stereocenters. The van der Waals surface area contributed by atoms with Crippen LogP contribution < -0.4 is 21.8 Å². The number of amides is 1. The molecular formula is C17H18N4O3. The van der Waals surface area contributed by atoms with Gasteiger partial charge >= 0.3 is 0 Å². The molecule has 7 heteroatoms. The molecule has 0 aliphatic rings. The van der Waals surface area contributed by atoms with Crippen molar-refractivity contribution in [2.75, 3.05) is 12.8 Å². The summed E-state index contributed by atoms with van der Waals surface area (Å²) in [6.45, 7) is 0.459. The van der Waals surface area contributed by atoms with Gasteiger partial charge in [-0.1, -0.05) is 12.1 Å². The first-order valence-corrected chi connectivity index (χ1v) is 7.12. The number of fused-ring (bicyclic) bond motifs is 1. The number of methoxy groups -OCH3 is 1. The molecular weight excluding hydrogens is 308 g/mol. The lowest BCUT2D eigenvalue weighted by atomic mass is 10.2. The van der Waals surface area contributed by atoms with Gasteiger partial charge in [0, 0.05) is 5.69 Å². The van der Waals surface area contributed by atoms with E-state index in [1.165, 1.54) is 0 Å². The third-order valence-corrected chi connectivity index (χ3v) is 3.36. The summed E-state index contributed by atoms with van der Waals surface area (Å²) in [6, 6.07) is 12.7. The first-order chi connectivity index (χ1) is 11.6. The average molecular weight is 326 g/mol. The lowest BCUT2D eigenvalue weighted by molar-refractivity contribution is -0.106. The lowest BCUT2D eigenvalue weighted by Crippen LogP contribution is -2.21. The second kappa shape index (κ2) is 7.77. The van der Waals surface area contributed by atoms with E-state index in [0.29, 0.717) is 23.1 Å². The fourth-order valence-corrected chi connectivity index (χ4v) is 2.22. The van der Waals surface area contributed by atoms with Gasteiger partial charge in [-0.25, -0.2) is 4.98 Å². The Morgan fingerprint density at radius 2 is 1.88 bits per heavy atom. The Balaban J connectivity index is 0.000000647. The smallest absolute Gasteiger partial charge is 0.261 e. The van der Waals surface area contributed by atoms with Gasteiger partial charge in [-0.3, -0.25) is 14.2 Å². The number of carbonyl (C=O) groups excluding carboxylic acids is 1. The number of hydrogen-bond acceptors (Lipinski definition) is 5. The van der Waals surface area contributed by atoms with Gasteiger partial charge in [0.2, 0.25) is 6.41 Å². The molecule has 0 saturated heterocycles. The van der Waals surface area contributed by atoms with Gasteiger partial charge in [-0.15, -0.1) is 0 Å². The molecule has 0 bridgehead atoms. The van der Waals surface area contributed by atoms with Crippen LogP contribution in [0.15, 0.2) is 53.6 Å². The number of ether oxygens (including phenoxy) is 1. The largest absolute Gasteiger partial charge is 0.497 e. The molecule has 0 aliphatic carbocycles. The van der Waals surface area contributed by atoms with Gasteiger partial charge in [-0.05, 0) is 35.9 Å². The second-order valence-corrected chi connectivity index (χ2v) is 4.94. The molecule has 0 spiro atoms. The Bertz CT molecular complexity index is 888. The number of anilines is 1. The second-order valence-electron chi connectivity index (χ2n) is 4.94. The van der Waals surface area contributed by atoms with Crippen LogP contribution in [0.5, 0.6) is 5.75 Å². The van der Waals surface area contributed by atoms with Crippen molar-refractivity contribution in [3.63, 3.8) is 0 Å². The van der Waals surface area contributed by atoms with E-state index >= 15 is 0 Å². The number of aromatic nitrogens is 2. The Morgan fingerprint density at radius 3 is 2.50 bits per heavy atom. The summed E-state index contributed by atoms with van der Waals surface area (Å²) in [4.78, 5) is 25.3. The minimum absolute atomic E-state index is 0.0943. The van der Waals surface area contributed by atoms with Crippen LogP contribution in [-0.2, 0) is 11.3 Å². The van der Waals surface area contributed by atoms with E-state index in [1.54, 1.807) is 36.2 Å². The van der Waals surface area contributed by atoms with Crippen LogP contribution in [0, 0.1) is 0 Å². The Kier molecular flexibility index (Phi) is 5.51. The molecule has 0 atom stereocenters. The Hall–Kier alpha value is -3.35. The fourth-order valence-electron chi connectivity index (χ4n) is 2.22. The van der Waals surface area contributed by atoms with Crippen molar-refractivity contribution in [1.29, 1.82) is 0 Å². The zero-order chi connectivity index (χ0) is 17.5. The summed E-state index contributed by atoms with van der Waals surface area (Å²) in [5.74, 6) is 0.788. The van der Waals surface area contributed by atoms with Crippen LogP contribution in [-0.4, -0.2) is 23.1 Å². The third-order valence-electron chi connectivity index (χ3n) is 3.36. The maximum atomic E-state index is 12.5. The number of carbonyl (C=O) groups is 1. The monoisotopic (exact) mass is 326 g/mol. The Labute approximate surface area is 138 Å². The van der Waals surface area contributed by atoms with E-state index in [-0.39, 0.29) is 12.0 Å². The molecule has 0 saturated carbocycles. The first kappa shape index (κ1) is 17.0. The van der Waals surface area contributed by atoms with E-state index in [4.69, 9.17) is 15.3 Å². The number of nitrogen functional groups attached to an aromatic ring is 1. The molecule has 1 heterocycles. The van der Waals surface area contributed by atoms with E-state index in [9.17, 15) is 4.79 Å². The Morgan fingerprint density at radius 1 is 1.21 bits per heavy atom. The fraction of sp³-hybridized carbons (Fsp3) is 0.118. The minimum Gasteiger partial charge on any atom is -0.497 e. The molecule has 1 aromatic heterocycles. The maximum absolute atomic E-state index is 12.5. The van der Waals surface area contributed by atoms with Crippen LogP contribution in [0.1, 0.15) is 5.56 Å². The van der Waals surface area contributed by atoms with Crippen molar-refractivity contribution in [3.05, 3.63) is 64.7 Å². The number of primary amides is 1. The number of hydrogen-bond donors (Lipinski definition) is 2. The normalized spacial score (nSPS) is 9.88. The zero-order valence-electron chi connectivity index (χ0n) is 13.2. The first-order valence-electron chi connectivity index (χ1n) is 7.12. The van der Waals surface area contributed by atoms with Crippen molar-refractivity contribution in [3.8, 4) is 5.75 Å². The summed E-state index contributed by atoms with van der Waals surface area (Å²) in [6.07, 6.45) is 1.81. The van der Waals surface area contributed by atoms with Gasteiger partial charge in [-0.2, -0.15) is 0 Å². The van der Waals surface area contributed by atoms with Crippen LogP contribution in [0.3, 0.4) is 0 Å². The minimum atomic E-state index is -0.0943. The molecule has 0 fully saturated rings. The van der Waals surface area contributed by atoms with Crippen molar-refractivity contribution in [1.82, 2.24) is 9.55 Å². The van der Waals surface area contributed by atoms with E-state index < -0.39 is 0 Å². The van der Waals surface area contributed by atoms with Gasteiger partial charge in [0.25, 0.3) is 5.56 Å². The molecule has 2 aromatic carbocycles. The van der Waals surface area contributed by atoms with Crippen molar-refractivity contribution >= 4 is 23.0 Å². The highest BCUT2D eigenvalue weighted by Crippen LogP contribution is 2.13. The highest BCUT2D eigenvalue weighted by molar-refractivity contribution is 5.80. The maximum Gasteiger partial charge on any atom is 0.261 e. The van der Waals surface area contributed by atoms with E-state index in [1.807, 2.05) is 24.3 Å². The highest BCUT2D eigenvalue weighted by atomic mass is 16.5. The van der Waals surface area contributed by atoms with Crippen LogP contribution >= 0.6 is 0 Å². The number of nitrogens with zero attached hydrogens (tertiary/aromatic N) is 2. The molecule has 124 valence electrons. The summed E-state index contributed by atoms with van der Waals surface area (Å²) in [5.41, 5.74) is 12.0. The molecule has 0 aliphatic heterocycles. The SMILES string of the molecule is COc1ccc(Cn2cnc3ccc(N)cc3c2=O)cc1.NC=O. The molecule has 4 N–H and O–H groups in total. The van der Waals surface area contributed by atoms with Crippen LogP contribution in [0.2, 0.25) is 0 Å². The molecule has 3 aromatic rings. The molecule has 7 nitrogen and oxygen atoms in total. The average Bonchev–Trinajstić information content (AvgIpc) is 2.59. The molecule has 24 heavy (non-hydrogen) atoms. The standard InChI is InChI=1S/C16H15N3O2.CH3NO/c1-21-13-5-2-11(3-6-13)9-19-10-18-15-7-4-12(17)8-14(15)16(19)20;2-1-3/h2-8,10H,9,17H2,1H3;1H,(H2,2,3). The molecule has 3 rings (SSSR count). The highest BCUT2D eigenvalue weighted by Gasteiger charge is 2.05. The van der Waals surface area contributed by atoms with E-state index in [0.717, 1.165) is 11.3 Å². The number of rotatable bonds is 3. The summed E-state index contributed by atoms with van der Waals surface area (Å²) in [5, 5.41) is 0.533. The van der Waals surface area contributed by atoms with Crippen molar-refractivity contribution in [2.24, 2.45) is 5.73 Å². The van der Waals surface area contributed by atoms with Gasteiger partial charge in [0.05, 0.1) is 30.9 Å². The topological polar surface area (TPSA) is 113 Å². The van der Waals surface area contributed by atoms with Gasteiger partial charge < -0.3 is 16.2 Å². The summed E-state index contributed by atoms with van der Waals surface area (Å²) >= 11 is 0. The predicted molar refractivity (Wildman–Crippen MR) is 92.8 cm³/mol. The van der Waals surface area contributed by atoms with Crippen molar-refractivity contribution in [2.45, 2.75) is 6.54 Å². The molecule has 0 radical (unpaired) electrons. The summed E-state index contributed by atoms with van der Waals surface area (Å²) < 4.78 is 6.69. The zero-order valence-corrected chi connectivity index (χ0v) is 13.2. The van der Waals surface area contributed by atoms with Gasteiger partial charge in [0.15, 0.2) is 0 Å². The van der Waals surface area contributed by atoms with Gasteiger partial charge in [0.1, 0.15) is 5.75 Å². The summed E-state index contributed by atoms with van der Waals surface area (Å²) in [7, 11) is 1.62. The van der Waals surface area contributed by atoms with Crippen molar-refractivity contribution < 1.29 is 9.53 Å². The number of nitrogens with two attached hydrogens (primary N) is 2. The predicted octanol–water partition coefficient (Wildman–Crippen LogP) is 1.14. The third kappa shape index (κ3) is 3.89. The lowest BCUT2D eigenvalue weighted by Gasteiger charge is -2.08.